The van der Waals surface area contributed by atoms with Gasteiger partial charge in [-0.3, -0.25) is 4.79 Å². The predicted octanol–water partition coefficient (Wildman–Crippen LogP) is 5.84. The van der Waals surface area contributed by atoms with Gasteiger partial charge in [-0.2, -0.15) is 0 Å². The van der Waals surface area contributed by atoms with Gasteiger partial charge in [-0.25, -0.2) is 4.98 Å². The Bertz CT molecular complexity index is 1180. The molecular weight excluding hydrogens is 382 g/mol. The minimum atomic E-state index is -0.0453. The van der Waals surface area contributed by atoms with Crippen LogP contribution in [-0.2, 0) is 11.2 Å². The summed E-state index contributed by atoms with van der Waals surface area (Å²) < 4.78 is 2.06. The van der Waals surface area contributed by atoms with Gasteiger partial charge in [0, 0.05) is 28.9 Å². The maximum Gasteiger partial charge on any atom is 0.224 e. The Morgan fingerprint density at radius 3 is 2.62 bits per heavy atom. The molecule has 0 aliphatic heterocycles. The number of nitrogens with one attached hydrogen (secondary N) is 1. The van der Waals surface area contributed by atoms with E-state index in [2.05, 4.69) is 40.9 Å². The van der Waals surface area contributed by atoms with Crippen molar-refractivity contribution in [3.63, 3.8) is 0 Å². The first-order valence-corrected chi connectivity index (χ1v) is 9.98. The Morgan fingerprint density at radius 2 is 1.83 bits per heavy atom. The number of carbonyl (C=O) groups excluding carboxylic acids is 1. The standard InChI is InChI=1S/C24H22ClN3O/c1-16-9-11-18(12-10-16)24-21(28-15-4-3-8-22(28)27-24)13-14-23(29)26-20-7-5-6-19(25)17(20)2/h3-12,15H,13-14H2,1-2H3,(H,26,29). The fraction of sp³-hybridized carbons (Fsp3) is 0.167. The molecule has 0 bridgehead atoms. The van der Waals surface area contributed by atoms with Crippen molar-refractivity contribution in [3.8, 4) is 11.3 Å². The largest absolute Gasteiger partial charge is 0.326 e. The lowest BCUT2D eigenvalue weighted by Crippen LogP contribution is -2.14. The van der Waals surface area contributed by atoms with Gasteiger partial charge in [0.25, 0.3) is 0 Å². The number of hydrogen-bond acceptors (Lipinski definition) is 2. The van der Waals surface area contributed by atoms with E-state index >= 15 is 0 Å². The molecule has 0 saturated carbocycles. The summed E-state index contributed by atoms with van der Waals surface area (Å²) in [6.07, 6.45) is 2.93. The number of hydrogen-bond donors (Lipinski definition) is 1. The molecule has 0 atom stereocenters. The molecule has 0 unspecified atom stereocenters. The van der Waals surface area contributed by atoms with E-state index in [4.69, 9.17) is 16.6 Å². The summed E-state index contributed by atoms with van der Waals surface area (Å²) in [6.45, 7) is 3.97. The van der Waals surface area contributed by atoms with Gasteiger partial charge in [-0.15, -0.1) is 0 Å². The maximum atomic E-state index is 12.6. The number of aryl methyl sites for hydroxylation is 2. The van der Waals surface area contributed by atoms with E-state index in [1.807, 2.05) is 49.5 Å². The van der Waals surface area contributed by atoms with Crippen LogP contribution in [0, 0.1) is 13.8 Å². The SMILES string of the molecule is Cc1ccc(-c2nc3ccccn3c2CCC(=O)Nc2cccc(Cl)c2C)cc1. The third kappa shape index (κ3) is 4.03. The first kappa shape index (κ1) is 19.2. The van der Waals surface area contributed by atoms with Crippen LogP contribution >= 0.6 is 11.6 Å². The highest BCUT2D eigenvalue weighted by atomic mass is 35.5. The molecule has 1 N–H and O–H groups in total. The lowest BCUT2D eigenvalue weighted by molar-refractivity contribution is -0.116. The van der Waals surface area contributed by atoms with E-state index in [-0.39, 0.29) is 5.91 Å². The highest BCUT2D eigenvalue weighted by Gasteiger charge is 2.15. The van der Waals surface area contributed by atoms with Crippen LogP contribution in [0.25, 0.3) is 16.9 Å². The van der Waals surface area contributed by atoms with Gasteiger partial charge in [0.05, 0.1) is 11.4 Å². The van der Waals surface area contributed by atoms with Crippen molar-refractivity contribution in [2.24, 2.45) is 0 Å². The van der Waals surface area contributed by atoms with Gasteiger partial charge >= 0.3 is 0 Å². The number of imidazole rings is 1. The number of amides is 1. The van der Waals surface area contributed by atoms with Gasteiger partial charge in [0.2, 0.25) is 5.91 Å². The first-order chi connectivity index (χ1) is 14.0. The van der Waals surface area contributed by atoms with E-state index < -0.39 is 0 Å². The number of halogens is 1. The number of aromatic nitrogens is 2. The van der Waals surface area contributed by atoms with Crippen molar-refractivity contribution < 1.29 is 4.79 Å². The van der Waals surface area contributed by atoms with Crippen molar-refractivity contribution in [1.29, 1.82) is 0 Å². The predicted molar refractivity (Wildman–Crippen MR) is 119 cm³/mol. The van der Waals surface area contributed by atoms with Gasteiger partial charge in [0.15, 0.2) is 0 Å². The fourth-order valence-corrected chi connectivity index (χ4v) is 3.59. The lowest BCUT2D eigenvalue weighted by Gasteiger charge is -2.10. The highest BCUT2D eigenvalue weighted by molar-refractivity contribution is 6.31. The van der Waals surface area contributed by atoms with Crippen LogP contribution in [0.1, 0.15) is 23.2 Å². The molecule has 4 nitrogen and oxygen atoms in total. The third-order valence-corrected chi connectivity index (χ3v) is 5.49. The van der Waals surface area contributed by atoms with Gasteiger partial charge < -0.3 is 9.72 Å². The summed E-state index contributed by atoms with van der Waals surface area (Å²) >= 11 is 6.16. The van der Waals surface area contributed by atoms with E-state index in [1.165, 1.54) is 5.56 Å². The molecule has 0 aliphatic carbocycles. The second-order valence-corrected chi connectivity index (χ2v) is 7.57. The molecule has 146 valence electrons. The minimum absolute atomic E-state index is 0.0453. The highest BCUT2D eigenvalue weighted by Crippen LogP contribution is 2.27. The number of pyridine rings is 1. The Hall–Kier alpha value is -3.11. The van der Waals surface area contributed by atoms with Gasteiger partial charge in [-0.1, -0.05) is 53.6 Å². The first-order valence-electron chi connectivity index (χ1n) is 9.61. The molecule has 0 radical (unpaired) electrons. The van der Waals surface area contributed by atoms with Crippen molar-refractivity contribution in [2.75, 3.05) is 5.32 Å². The van der Waals surface area contributed by atoms with Crippen LogP contribution < -0.4 is 5.32 Å². The zero-order valence-corrected chi connectivity index (χ0v) is 17.2. The Morgan fingerprint density at radius 1 is 1.03 bits per heavy atom. The third-order valence-electron chi connectivity index (χ3n) is 5.08. The number of benzene rings is 2. The topological polar surface area (TPSA) is 46.4 Å². The lowest BCUT2D eigenvalue weighted by atomic mass is 10.1. The summed E-state index contributed by atoms with van der Waals surface area (Å²) in [5.74, 6) is -0.0453. The van der Waals surface area contributed by atoms with Crippen molar-refractivity contribution in [1.82, 2.24) is 9.38 Å². The molecule has 0 saturated heterocycles. The molecule has 2 aromatic carbocycles. The molecule has 4 rings (SSSR count). The van der Waals surface area contributed by atoms with Gasteiger partial charge in [-0.05, 0) is 50.1 Å². The number of fused-ring (bicyclic) bond motifs is 1. The van der Waals surface area contributed by atoms with Crippen LogP contribution in [0.5, 0.6) is 0 Å². The smallest absolute Gasteiger partial charge is 0.224 e. The summed E-state index contributed by atoms with van der Waals surface area (Å²) in [6, 6.07) is 19.8. The molecule has 29 heavy (non-hydrogen) atoms. The van der Waals surface area contributed by atoms with Crippen LogP contribution in [0.2, 0.25) is 5.02 Å². The molecular formula is C24H22ClN3O. The van der Waals surface area contributed by atoms with Crippen molar-refractivity contribution >= 4 is 28.8 Å². The van der Waals surface area contributed by atoms with Crippen molar-refractivity contribution in [2.45, 2.75) is 26.7 Å². The fourth-order valence-electron chi connectivity index (χ4n) is 3.42. The average Bonchev–Trinajstić information content (AvgIpc) is 3.09. The van der Waals surface area contributed by atoms with Crippen LogP contribution in [0.4, 0.5) is 5.69 Å². The van der Waals surface area contributed by atoms with Gasteiger partial charge in [0.1, 0.15) is 5.65 Å². The van der Waals surface area contributed by atoms with Crippen LogP contribution in [-0.4, -0.2) is 15.3 Å². The minimum Gasteiger partial charge on any atom is -0.326 e. The zero-order chi connectivity index (χ0) is 20.4. The van der Waals surface area contributed by atoms with E-state index in [1.54, 1.807) is 0 Å². The maximum absolute atomic E-state index is 12.6. The van der Waals surface area contributed by atoms with E-state index in [0.29, 0.717) is 17.9 Å². The Kier molecular flexibility index (Phi) is 5.36. The van der Waals surface area contributed by atoms with E-state index in [9.17, 15) is 4.79 Å². The summed E-state index contributed by atoms with van der Waals surface area (Å²) in [4.78, 5) is 17.4. The molecule has 2 aromatic heterocycles. The van der Waals surface area contributed by atoms with Crippen LogP contribution in [0.15, 0.2) is 66.9 Å². The summed E-state index contributed by atoms with van der Waals surface area (Å²) in [5, 5.41) is 3.62. The molecule has 4 aromatic rings. The Labute approximate surface area is 175 Å². The molecule has 5 heteroatoms. The summed E-state index contributed by atoms with van der Waals surface area (Å²) in [5.41, 5.74) is 6.71. The second kappa shape index (κ2) is 8.10. The molecule has 2 heterocycles. The normalized spacial score (nSPS) is 11.0. The molecule has 0 spiro atoms. The average molecular weight is 404 g/mol. The second-order valence-electron chi connectivity index (χ2n) is 7.16. The van der Waals surface area contributed by atoms with E-state index in [0.717, 1.165) is 33.8 Å². The number of carbonyl (C=O) groups is 1. The molecule has 0 aliphatic rings. The molecule has 0 fully saturated rings. The summed E-state index contributed by atoms with van der Waals surface area (Å²) in [7, 11) is 0. The number of anilines is 1. The molecule has 1 amide bonds. The number of nitrogens with zero attached hydrogens (tertiary/aromatic N) is 2. The quantitative estimate of drug-likeness (QED) is 0.454. The van der Waals surface area contributed by atoms with Crippen LogP contribution in [0.3, 0.4) is 0 Å². The van der Waals surface area contributed by atoms with Crippen molar-refractivity contribution in [3.05, 3.63) is 88.7 Å². The Balaban J connectivity index is 1.60. The zero-order valence-electron chi connectivity index (χ0n) is 16.4. The number of rotatable bonds is 5. The monoisotopic (exact) mass is 403 g/mol.